The molecular formula is C19H16N2O5S. The molecule has 0 saturated carbocycles. The Labute approximate surface area is 155 Å². The molecule has 0 aliphatic heterocycles. The van der Waals surface area contributed by atoms with Gasteiger partial charge in [-0.15, -0.1) is 0 Å². The molecule has 3 rings (SSSR count). The van der Waals surface area contributed by atoms with Gasteiger partial charge in [-0.1, -0.05) is 30.3 Å². The maximum absolute atomic E-state index is 12.3. The fourth-order valence-electron chi connectivity index (χ4n) is 2.56. The molecule has 1 N–H and O–H groups in total. The highest BCUT2D eigenvalue weighted by molar-refractivity contribution is 7.90. The number of esters is 1. The van der Waals surface area contributed by atoms with Crippen LogP contribution in [-0.2, 0) is 19.4 Å². The molecule has 8 heteroatoms. The lowest BCUT2D eigenvalue weighted by Gasteiger charge is -2.10. The standard InChI is InChI=1S/C19H16N2O5S/c1-27(24,25)16-10-3-2-9-15(16)21-17(22)12-26-19(23)14-8-4-6-13-7-5-11-20-18(13)14/h2-11H,12H2,1H3,(H,21,22). The Bertz CT molecular complexity index is 1120. The molecule has 2 aromatic carbocycles. The van der Waals surface area contributed by atoms with Crippen LogP contribution in [-0.4, -0.2) is 38.1 Å². The molecule has 0 unspecified atom stereocenters. The van der Waals surface area contributed by atoms with Crippen LogP contribution < -0.4 is 5.32 Å². The van der Waals surface area contributed by atoms with E-state index in [2.05, 4.69) is 10.3 Å². The summed E-state index contributed by atoms with van der Waals surface area (Å²) in [7, 11) is -3.51. The zero-order chi connectivity index (χ0) is 19.4. The molecular weight excluding hydrogens is 368 g/mol. The predicted molar refractivity (Wildman–Crippen MR) is 100 cm³/mol. The minimum Gasteiger partial charge on any atom is -0.452 e. The molecule has 0 fully saturated rings. The second kappa shape index (κ2) is 7.55. The van der Waals surface area contributed by atoms with E-state index in [0.717, 1.165) is 11.6 Å². The number of para-hydroxylation sites is 2. The number of ether oxygens (including phenoxy) is 1. The first-order valence-corrected chi connectivity index (χ1v) is 9.85. The number of benzene rings is 2. The van der Waals surface area contributed by atoms with E-state index in [9.17, 15) is 18.0 Å². The third-order valence-corrected chi connectivity index (χ3v) is 4.90. The van der Waals surface area contributed by atoms with E-state index in [-0.39, 0.29) is 16.1 Å². The first kappa shape index (κ1) is 18.5. The highest BCUT2D eigenvalue weighted by Crippen LogP contribution is 2.20. The van der Waals surface area contributed by atoms with E-state index in [1.807, 2.05) is 12.1 Å². The van der Waals surface area contributed by atoms with E-state index in [0.29, 0.717) is 5.52 Å². The van der Waals surface area contributed by atoms with Crippen molar-refractivity contribution in [2.75, 3.05) is 18.2 Å². The van der Waals surface area contributed by atoms with Crippen molar-refractivity contribution in [2.24, 2.45) is 0 Å². The number of nitrogens with one attached hydrogen (secondary N) is 1. The van der Waals surface area contributed by atoms with Gasteiger partial charge in [0.2, 0.25) is 0 Å². The Morgan fingerprint density at radius 3 is 2.56 bits per heavy atom. The number of nitrogens with zero attached hydrogens (tertiary/aromatic N) is 1. The van der Waals surface area contributed by atoms with Crippen LogP contribution in [0.1, 0.15) is 10.4 Å². The minimum absolute atomic E-state index is 0.0112. The summed E-state index contributed by atoms with van der Waals surface area (Å²) in [5.41, 5.74) is 0.859. The Hall–Kier alpha value is -3.26. The van der Waals surface area contributed by atoms with Crippen LogP contribution in [0.3, 0.4) is 0 Å². The van der Waals surface area contributed by atoms with Crippen molar-refractivity contribution < 1.29 is 22.7 Å². The van der Waals surface area contributed by atoms with Crippen LogP contribution in [0.25, 0.3) is 10.9 Å². The molecule has 1 amide bonds. The Balaban J connectivity index is 1.71. The molecule has 0 spiro atoms. The maximum atomic E-state index is 12.3. The van der Waals surface area contributed by atoms with E-state index >= 15 is 0 Å². The third-order valence-electron chi connectivity index (χ3n) is 3.75. The highest BCUT2D eigenvalue weighted by Gasteiger charge is 2.17. The number of fused-ring (bicyclic) bond motifs is 1. The third kappa shape index (κ3) is 4.29. The average Bonchev–Trinajstić information content (AvgIpc) is 2.65. The lowest BCUT2D eigenvalue weighted by atomic mass is 10.1. The van der Waals surface area contributed by atoms with E-state index in [4.69, 9.17) is 4.74 Å². The van der Waals surface area contributed by atoms with Crippen LogP contribution in [0, 0.1) is 0 Å². The van der Waals surface area contributed by atoms with Crippen LogP contribution >= 0.6 is 0 Å². The number of rotatable bonds is 5. The molecule has 27 heavy (non-hydrogen) atoms. The van der Waals surface area contributed by atoms with Gasteiger partial charge in [-0.2, -0.15) is 0 Å². The van der Waals surface area contributed by atoms with Gasteiger partial charge in [0.1, 0.15) is 0 Å². The van der Waals surface area contributed by atoms with Crippen LogP contribution in [0.5, 0.6) is 0 Å². The van der Waals surface area contributed by atoms with E-state index < -0.39 is 28.3 Å². The summed E-state index contributed by atoms with van der Waals surface area (Å²) in [5.74, 6) is -1.33. The Kier molecular flexibility index (Phi) is 5.18. The van der Waals surface area contributed by atoms with Crippen molar-refractivity contribution in [3.05, 3.63) is 66.4 Å². The SMILES string of the molecule is CS(=O)(=O)c1ccccc1NC(=O)COC(=O)c1cccc2cccnc12. The monoisotopic (exact) mass is 384 g/mol. The Morgan fingerprint density at radius 2 is 1.78 bits per heavy atom. The van der Waals surface area contributed by atoms with Crippen LogP contribution in [0.15, 0.2) is 65.7 Å². The van der Waals surface area contributed by atoms with Gasteiger partial charge in [0.25, 0.3) is 5.91 Å². The van der Waals surface area contributed by atoms with Crippen molar-refractivity contribution >= 4 is 38.3 Å². The molecule has 0 saturated heterocycles. The number of hydrogen-bond donors (Lipinski definition) is 1. The van der Waals surface area contributed by atoms with Crippen molar-refractivity contribution in [1.82, 2.24) is 4.98 Å². The van der Waals surface area contributed by atoms with Crippen molar-refractivity contribution in [3.63, 3.8) is 0 Å². The topological polar surface area (TPSA) is 102 Å². The van der Waals surface area contributed by atoms with Gasteiger partial charge >= 0.3 is 5.97 Å². The number of pyridine rings is 1. The fourth-order valence-corrected chi connectivity index (χ4v) is 3.40. The van der Waals surface area contributed by atoms with Gasteiger partial charge in [0.15, 0.2) is 16.4 Å². The first-order chi connectivity index (χ1) is 12.9. The number of sulfone groups is 1. The van der Waals surface area contributed by atoms with Crippen LogP contribution in [0.2, 0.25) is 0 Å². The minimum atomic E-state index is -3.51. The second-order valence-corrected chi connectivity index (χ2v) is 7.76. The molecule has 0 atom stereocenters. The molecule has 7 nitrogen and oxygen atoms in total. The second-order valence-electron chi connectivity index (χ2n) is 5.77. The maximum Gasteiger partial charge on any atom is 0.340 e. The number of carbonyl (C=O) groups excluding carboxylic acids is 2. The summed E-state index contributed by atoms with van der Waals surface area (Å²) in [6.45, 7) is -0.555. The zero-order valence-corrected chi connectivity index (χ0v) is 15.2. The molecule has 0 aliphatic carbocycles. The first-order valence-electron chi connectivity index (χ1n) is 7.96. The van der Waals surface area contributed by atoms with Gasteiger partial charge in [-0.25, -0.2) is 13.2 Å². The number of aromatic nitrogens is 1. The van der Waals surface area contributed by atoms with Gasteiger partial charge < -0.3 is 10.1 Å². The van der Waals surface area contributed by atoms with Crippen molar-refractivity contribution in [2.45, 2.75) is 4.90 Å². The molecule has 3 aromatic rings. The van der Waals surface area contributed by atoms with Crippen LogP contribution in [0.4, 0.5) is 5.69 Å². The smallest absolute Gasteiger partial charge is 0.340 e. The zero-order valence-electron chi connectivity index (χ0n) is 14.4. The van der Waals surface area contributed by atoms with E-state index in [1.165, 1.54) is 12.1 Å². The van der Waals surface area contributed by atoms with Crippen molar-refractivity contribution in [3.8, 4) is 0 Å². The highest BCUT2D eigenvalue weighted by atomic mass is 32.2. The summed E-state index contributed by atoms with van der Waals surface area (Å²) < 4.78 is 28.6. The molecule has 0 radical (unpaired) electrons. The van der Waals surface area contributed by atoms with Gasteiger partial charge in [-0.05, 0) is 24.3 Å². The van der Waals surface area contributed by atoms with Gasteiger partial charge in [-0.3, -0.25) is 9.78 Å². The summed E-state index contributed by atoms with van der Waals surface area (Å²) in [6, 6.07) is 14.6. The number of anilines is 1. The van der Waals surface area contributed by atoms with Crippen molar-refractivity contribution in [1.29, 1.82) is 0 Å². The summed E-state index contributed by atoms with van der Waals surface area (Å²) in [6.07, 6.45) is 2.61. The lowest BCUT2D eigenvalue weighted by Crippen LogP contribution is -2.22. The van der Waals surface area contributed by atoms with E-state index in [1.54, 1.807) is 36.5 Å². The molecule has 0 bridgehead atoms. The summed E-state index contributed by atoms with van der Waals surface area (Å²) >= 11 is 0. The molecule has 138 valence electrons. The Morgan fingerprint density at radius 1 is 1.04 bits per heavy atom. The quantitative estimate of drug-likeness (QED) is 0.678. The van der Waals surface area contributed by atoms with Gasteiger partial charge in [0.05, 0.1) is 21.7 Å². The predicted octanol–water partition coefficient (Wildman–Crippen LogP) is 2.43. The lowest BCUT2D eigenvalue weighted by molar-refractivity contribution is -0.119. The summed E-state index contributed by atoms with van der Waals surface area (Å²) in [5, 5.41) is 3.23. The molecule has 1 heterocycles. The summed E-state index contributed by atoms with van der Waals surface area (Å²) in [4.78, 5) is 28.6. The van der Waals surface area contributed by atoms with Gasteiger partial charge in [0, 0.05) is 17.8 Å². The number of amides is 1. The average molecular weight is 384 g/mol. The molecule has 0 aliphatic rings. The fraction of sp³-hybridized carbons (Fsp3) is 0.105. The largest absolute Gasteiger partial charge is 0.452 e. The number of carbonyl (C=O) groups is 2. The normalized spacial score (nSPS) is 11.1. The molecule has 1 aromatic heterocycles. The number of hydrogen-bond acceptors (Lipinski definition) is 6.